The number of aromatic nitrogens is 2. The average Bonchev–Trinajstić information content (AvgIpc) is 2.32. The highest BCUT2D eigenvalue weighted by Gasteiger charge is 2.20. The Morgan fingerprint density at radius 1 is 1.38 bits per heavy atom. The number of rotatable bonds is 3. The highest BCUT2D eigenvalue weighted by atomic mass is 127. The molecule has 2 unspecified atom stereocenters. The molecule has 1 aliphatic rings. The fraction of sp³-hybridized carbons (Fsp3) is 0.667. The smallest absolute Gasteiger partial charge is 0.222 e. The molecule has 3 nitrogen and oxygen atoms in total. The Morgan fingerprint density at radius 3 is 2.81 bits per heavy atom. The van der Waals surface area contributed by atoms with Gasteiger partial charge in [-0.1, -0.05) is 26.2 Å². The Bertz CT molecular complexity index is 326. The largest absolute Gasteiger partial charge is 0.351 e. The van der Waals surface area contributed by atoms with Crippen LogP contribution in [0.5, 0.6) is 0 Å². The molecular formula is C12H18IN3. The summed E-state index contributed by atoms with van der Waals surface area (Å²) in [7, 11) is 0. The summed E-state index contributed by atoms with van der Waals surface area (Å²) >= 11 is 2.22. The minimum atomic E-state index is 0.568. The fourth-order valence-electron chi connectivity index (χ4n) is 2.36. The summed E-state index contributed by atoms with van der Waals surface area (Å²) in [5, 5.41) is 3.45. The minimum Gasteiger partial charge on any atom is -0.351 e. The van der Waals surface area contributed by atoms with Crippen LogP contribution in [-0.2, 0) is 0 Å². The van der Waals surface area contributed by atoms with E-state index >= 15 is 0 Å². The van der Waals surface area contributed by atoms with Crippen molar-refractivity contribution in [2.45, 2.75) is 45.1 Å². The van der Waals surface area contributed by atoms with E-state index in [0.29, 0.717) is 6.04 Å². The molecule has 16 heavy (non-hydrogen) atoms. The highest BCUT2D eigenvalue weighted by molar-refractivity contribution is 14.1. The Balaban J connectivity index is 1.91. The molecule has 1 aliphatic carbocycles. The van der Waals surface area contributed by atoms with E-state index in [4.69, 9.17) is 0 Å². The van der Waals surface area contributed by atoms with Crippen molar-refractivity contribution in [3.05, 3.63) is 16.0 Å². The quantitative estimate of drug-likeness (QED) is 0.862. The van der Waals surface area contributed by atoms with Crippen molar-refractivity contribution in [2.24, 2.45) is 5.92 Å². The first-order valence-corrected chi connectivity index (χ1v) is 7.10. The molecule has 0 aromatic carbocycles. The topological polar surface area (TPSA) is 37.8 Å². The molecule has 0 spiro atoms. The fourth-order valence-corrected chi connectivity index (χ4v) is 2.64. The first-order chi connectivity index (χ1) is 7.78. The lowest BCUT2D eigenvalue weighted by atomic mass is 9.84. The van der Waals surface area contributed by atoms with Gasteiger partial charge in [0.05, 0.1) is 0 Å². The molecule has 0 amide bonds. The zero-order chi connectivity index (χ0) is 11.4. The van der Waals surface area contributed by atoms with Crippen molar-refractivity contribution < 1.29 is 0 Å². The summed E-state index contributed by atoms with van der Waals surface area (Å²) in [5.74, 6) is 1.66. The molecule has 4 heteroatoms. The van der Waals surface area contributed by atoms with E-state index in [2.05, 4.69) is 44.8 Å². The van der Waals surface area contributed by atoms with Gasteiger partial charge in [-0.25, -0.2) is 9.97 Å². The van der Waals surface area contributed by atoms with Gasteiger partial charge in [0.15, 0.2) is 0 Å². The minimum absolute atomic E-state index is 0.568. The zero-order valence-electron chi connectivity index (χ0n) is 9.62. The van der Waals surface area contributed by atoms with E-state index in [1.807, 2.05) is 12.4 Å². The van der Waals surface area contributed by atoms with Crippen LogP contribution in [0.15, 0.2) is 12.4 Å². The third kappa shape index (κ3) is 3.30. The van der Waals surface area contributed by atoms with Gasteiger partial charge in [-0.15, -0.1) is 0 Å². The number of hydrogen-bond donors (Lipinski definition) is 1. The summed E-state index contributed by atoms with van der Waals surface area (Å²) in [6, 6.07) is 0.568. The van der Waals surface area contributed by atoms with E-state index in [-0.39, 0.29) is 0 Å². The molecule has 2 atom stereocenters. The summed E-state index contributed by atoms with van der Waals surface area (Å²) < 4.78 is 1.08. The second-order valence-electron chi connectivity index (χ2n) is 4.51. The molecule has 0 bridgehead atoms. The maximum absolute atomic E-state index is 4.29. The van der Waals surface area contributed by atoms with Crippen molar-refractivity contribution in [3.63, 3.8) is 0 Å². The van der Waals surface area contributed by atoms with Gasteiger partial charge in [0, 0.05) is 22.0 Å². The SMILES string of the molecule is CCC1CCCC(Nc2ncc(I)cn2)C1. The second-order valence-corrected chi connectivity index (χ2v) is 5.75. The molecule has 0 saturated heterocycles. The Morgan fingerprint density at radius 2 is 2.12 bits per heavy atom. The molecule has 0 radical (unpaired) electrons. The lowest BCUT2D eigenvalue weighted by Crippen LogP contribution is -2.27. The lowest BCUT2D eigenvalue weighted by molar-refractivity contribution is 0.326. The second kappa shape index (κ2) is 5.80. The van der Waals surface area contributed by atoms with Crippen molar-refractivity contribution in [1.29, 1.82) is 0 Å². The van der Waals surface area contributed by atoms with E-state index in [9.17, 15) is 0 Å². The predicted octanol–water partition coefficient (Wildman–Crippen LogP) is 3.46. The van der Waals surface area contributed by atoms with Gasteiger partial charge in [0.2, 0.25) is 5.95 Å². The Kier molecular flexibility index (Phi) is 4.37. The molecule has 0 aliphatic heterocycles. The van der Waals surface area contributed by atoms with Gasteiger partial charge >= 0.3 is 0 Å². The molecule has 1 fully saturated rings. The zero-order valence-corrected chi connectivity index (χ0v) is 11.8. The van der Waals surface area contributed by atoms with E-state index < -0.39 is 0 Å². The van der Waals surface area contributed by atoms with Gasteiger partial charge in [0.25, 0.3) is 0 Å². The molecule has 1 saturated carbocycles. The number of halogens is 1. The third-order valence-corrected chi connectivity index (χ3v) is 3.87. The first-order valence-electron chi connectivity index (χ1n) is 6.02. The van der Waals surface area contributed by atoms with Crippen LogP contribution in [0.25, 0.3) is 0 Å². The molecule has 2 rings (SSSR count). The van der Waals surface area contributed by atoms with Gasteiger partial charge in [-0.05, 0) is 41.4 Å². The number of nitrogens with zero attached hydrogens (tertiary/aromatic N) is 2. The number of nitrogens with one attached hydrogen (secondary N) is 1. The van der Waals surface area contributed by atoms with Crippen LogP contribution in [0.4, 0.5) is 5.95 Å². The summed E-state index contributed by atoms with van der Waals surface area (Å²) in [6.07, 6.45) is 10.3. The molecular weight excluding hydrogens is 313 g/mol. The van der Waals surface area contributed by atoms with Crippen LogP contribution in [0.3, 0.4) is 0 Å². The third-order valence-electron chi connectivity index (χ3n) is 3.31. The molecule has 1 aromatic rings. The van der Waals surface area contributed by atoms with Gasteiger partial charge in [0.1, 0.15) is 0 Å². The van der Waals surface area contributed by atoms with Crippen LogP contribution in [0, 0.1) is 9.49 Å². The Hall–Kier alpha value is -0.390. The Labute approximate surface area is 111 Å². The van der Waals surface area contributed by atoms with Gasteiger partial charge in [-0.2, -0.15) is 0 Å². The molecule has 88 valence electrons. The van der Waals surface area contributed by atoms with Crippen LogP contribution in [0.1, 0.15) is 39.0 Å². The molecule has 1 heterocycles. The maximum Gasteiger partial charge on any atom is 0.222 e. The molecule has 1 N–H and O–H groups in total. The maximum atomic E-state index is 4.29. The summed E-state index contributed by atoms with van der Waals surface area (Å²) in [5.41, 5.74) is 0. The average molecular weight is 331 g/mol. The van der Waals surface area contributed by atoms with Crippen molar-refractivity contribution in [1.82, 2.24) is 9.97 Å². The summed E-state index contributed by atoms with van der Waals surface area (Å²) in [6.45, 7) is 2.29. The number of anilines is 1. The van der Waals surface area contributed by atoms with Crippen molar-refractivity contribution in [2.75, 3.05) is 5.32 Å². The standard InChI is InChI=1S/C12H18IN3/c1-2-9-4-3-5-11(6-9)16-12-14-7-10(13)8-15-12/h7-9,11H,2-6H2,1H3,(H,14,15,16). The van der Waals surface area contributed by atoms with Crippen LogP contribution in [-0.4, -0.2) is 16.0 Å². The van der Waals surface area contributed by atoms with Gasteiger partial charge in [-0.3, -0.25) is 0 Å². The normalized spacial score (nSPS) is 25.4. The summed E-state index contributed by atoms with van der Waals surface area (Å²) in [4.78, 5) is 8.59. The number of hydrogen-bond acceptors (Lipinski definition) is 3. The van der Waals surface area contributed by atoms with E-state index in [1.165, 1.54) is 32.1 Å². The van der Waals surface area contributed by atoms with Crippen molar-refractivity contribution >= 4 is 28.5 Å². The predicted molar refractivity (Wildman–Crippen MR) is 74.4 cm³/mol. The van der Waals surface area contributed by atoms with Crippen molar-refractivity contribution in [3.8, 4) is 0 Å². The van der Waals surface area contributed by atoms with Crippen LogP contribution < -0.4 is 5.32 Å². The molecule has 1 aromatic heterocycles. The lowest BCUT2D eigenvalue weighted by Gasteiger charge is -2.28. The van der Waals surface area contributed by atoms with Crippen LogP contribution >= 0.6 is 22.6 Å². The van der Waals surface area contributed by atoms with E-state index in [0.717, 1.165) is 15.4 Å². The first kappa shape index (κ1) is 12.1. The highest BCUT2D eigenvalue weighted by Crippen LogP contribution is 2.27. The monoisotopic (exact) mass is 331 g/mol. The van der Waals surface area contributed by atoms with E-state index in [1.54, 1.807) is 0 Å². The van der Waals surface area contributed by atoms with Crippen LogP contribution in [0.2, 0.25) is 0 Å². The van der Waals surface area contributed by atoms with Gasteiger partial charge < -0.3 is 5.32 Å².